The van der Waals surface area contributed by atoms with Crippen molar-refractivity contribution in [3.8, 4) is 0 Å². The highest BCUT2D eigenvalue weighted by Crippen LogP contribution is 2.37. The van der Waals surface area contributed by atoms with Gasteiger partial charge in [0.25, 0.3) is 0 Å². The molecule has 0 radical (unpaired) electrons. The van der Waals surface area contributed by atoms with E-state index in [0.717, 1.165) is 0 Å². The normalized spacial score (nSPS) is 31.7. The van der Waals surface area contributed by atoms with Crippen LogP contribution in [0.25, 0.3) is 0 Å². The first kappa shape index (κ1) is 59.7. The number of carbonyl (C=O) groups excluding carboxylic acids is 5. The summed E-state index contributed by atoms with van der Waals surface area (Å²) in [4.78, 5) is 66.3. The minimum absolute atomic E-state index is 0.0857. The lowest BCUT2D eigenvalue weighted by atomic mass is 9.83. The Kier molecular flexibility index (Phi) is 20.6. The number of ether oxygens (including phenoxy) is 10. The number of nitrogens with one attached hydrogen (secondary N) is 5. The SMILES string of the molecule is CC(C)(C)OC(=O)NCC[C@H](O)C(=O)N[C@@H]1C[C@@H](NC(=O)OC(C)(C)C)C(O[C@H]2OC(CCCN)CCC2NC(=O)OC(C)(C)C)C(O)[C@H]1O[C@H]1OC2COC(C)(C)O[C@H]2[C@H](NC(=O)OC(C)(C)C)C1O. The number of aliphatic hydroxyl groups is 3. The highest BCUT2D eigenvalue weighted by molar-refractivity contribution is 5.81. The lowest BCUT2D eigenvalue weighted by molar-refractivity contribution is -0.376. The van der Waals surface area contributed by atoms with Crippen LogP contribution in [0.15, 0.2) is 0 Å². The fraction of sp³-hybridized carbons (Fsp3) is 0.894. The Labute approximate surface area is 417 Å². The third-order valence-electron chi connectivity index (χ3n) is 11.2. The second-order valence-electron chi connectivity index (χ2n) is 22.9. The molecule has 71 heavy (non-hydrogen) atoms. The number of nitrogens with two attached hydrogens (primary N) is 1. The molecule has 4 fully saturated rings. The second-order valence-corrected chi connectivity index (χ2v) is 22.9. The molecular weight excluding hydrogens is 937 g/mol. The highest BCUT2D eigenvalue weighted by atomic mass is 16.8. The summed E-state index contributed by atoms with van der Waals surface area (Å²) in [5.74, 6) is -2.12. The van der Waals surface area contributed by atoms with E-state index >= 15 is 0 Å². The third kappa shape index (κ3) is 19.5. The van der Waals surface area contributed by atoms with E-state index in [4.69, 9.17) is 53.1 Å². The van der Waals surface area contributed by atoms with Crippen molar-refractivity contribution in [3.05, 3.63) is 0 Å². The average Bonchev–Trinajstić information content (AvgIpc) is 3.19. The Morgan fingerprint density at radius 1 is 0.676 bits per heavy atom. The highest BCUT2D eigenvalue weighted by Gasteiger charge is 2.56. The van der Waals surface area contributed by atoms with Crippen LogP contribution in [-0.4, -0.2) is 179 Å². The molecule has 0 aromatic heterocycles. The molecule has 1 aliphatic carbocycles. The van der Waals surface area contributed by atoms with Gasteiger partial charge in [0.05, 0.1) is 36.9 Å². The molecule has 3 saturated heterocycles. The summed E-state index contributed by atoms with van der Waals surface area (Å²) in [7, 11) is 0. The maximum absolute atomic E-state index is 13.9. The van der Waals surface area contributed by atoms with Crippen molar-refractivity contribution in [3.63, 3.8) is 0 Å². The topological polar surface area (TPSA) is 325 Å². The maximum atomic E-state index is 13.9. The molecule has 4 aliphatic rings. The Balaban J connectivity index is 1.76. The predicted octanol–water partition coefficient (Wildman–Crippen LogP) is 2.44. The standard InChI is InChI=1S/C47H84N6O18/c1-43(2,3)68-39(58)49-21-19-28(54)36(57)50-26-22-27(52-41(60)70-45(7,8)9)34(65-37-25(51-40(59)69-44(4,5)6)18-17-24(63-37)16-15-20-48)32(56)33(26)66-38-31(55)30(53-42(61)71-46(10,11)12)35-29(64-38)23-62-47(13,14)67-35/h24-35,37-38,54-56H,15-23,48H2,1-14H3,(H,49,58)(H,50,57)(H,51,59)(H,52,60)(H,53,61)/t24?,25?,26-,27-,28+,29?,30-,31?,32?,33+,34?,35-,37-,38-/m1/s1. The zero-order valence-electron chi connectivity index (χ0n) is 44.0. The molecule has 24 nitrogen and oxygen atoms in total. The second kappa shape index (κ2) is 24.5. The van der Waals surface area contributed by atoms with Crippen LogP contribution < -0.4 is 32.3 Å². The Morgan fingerprint density at radius 2 is 1.18 bits per heavy atom. The molecule has 1 saturated carbocycles. The Bertz CT molecular complexity index is 1780. The molecule has 5 amide bonds. The van der Waals surface area contributed by atoms with Crippen LogP contribution in [0.2, 0.25) is 0 Å². The molecule has 0 aromatic rings. The van der Waals surface area contributed by atoms with Gasteiger partial charge >= 0.3 is 24.4 Å². The Hall–Kier alpha value is -3.85. The zero-order valence-corrected chi connectivity index (χ0v) is 44.0. The lowest BCUT2D eigenvalue weighted by Crippen LogP contribution is -2.72. The number of fused-ring (bicyclic) bond motifs is 1. The van der Waals surface area contributed by atoms with Gasteiger partial charge in [0.15, 0.2) is 18.4 Å². The van der Waals surface area contributed by atoms with Crippen LogP contribution in [0.3, 0.4) is 0 Å². The first-order chi connectivity index (χ1) is 32.6. The first-order valence-corrected chi connectivity index (χ1v) is 24.6. The lowest BCUT2D eigenvalue weighted by Gasteiger charge is -2.52. The van der Waals surface area contributed by atoms with Crippen LogP contribution in [-0.2, 0) is 52.2 Å². The molecule has 410 valence electrons. The predicted molar refractivity (Wildman–Crippen MR) is 252 cm³/mol. The van der Waals surface area contributed by atoms with Crippen molar-refractivity contribution in [2.45, 2.75) is 249 Å². The van der Waals surface area contributed by atoms with Crippen molar-refractivity contribution in [2.75, 3.05) is 19.7 Å². The first-order valence-electron chi connectivity index (χ1n) is 24.6. The Morgan fingerprint density at radius 3 is 1.73 bits per heavy atom. The van der Waals surface area contributed by atoms with Gasteiger partial charge in [-0.25, -0.2) is 19.2 Å². The van der Waals surface area contributed by atoms with Crippen molar-refractivity contribution in [2.24, 2.45) is 5.73 Å². The number of hydrogen-bond donors (Lipinski definition) is 9. The van der Waals surface area contributed by atoms with Crippen LogP contribution >= 0.6 is 0 Å². The quantitative estimate of drug-likeness (QED) is 0.106. The van der Waals surface area contributed by atoms with Crippen LogP contribution in [0, 0.1) is 0 Å². The summed E-state index contributed by atoms with van der Waals surface area (Å²) in [6, 6.07) is -4.61. The van der Waals surface area contributed by atoms with E-state index < -0.39 is 138 Å². The summed E-state index contributed by atoms with van der Waals surface area (Å²) in [5.41, 5.74) is 2.28. The van der Waals surface area contributed by atoms with Gasteiger partial charge in [0.1, 0.15) is 65.1 Å². The van der Waals surface area contributed by atoms with E-state index in [1.165, 1.54) is 0 Å². The minimum Gasteiger partial charge on any atom is -0.444 e. The number of amides is 5. The number of alkyl carbamates (subject to hydrolysis) is 4. The zero-order chi connectivity index (χ0) is 53.4. The van der Waals surface area contributed by atoms with E-state index in [1.807, 2.05) is 0 Å². The molecule has 3 aliphatic heterocycles. The van der Waals surface area contributed by atoms with Gasteiger partial charge in [0.2, 0.25) is 5.91 Å². The van der Waals surface area contributed by atoms with Gasteiger partial charge in [-0.05, 0) is 142 Å². The van der Waals surface area contributed by atoms with Gasteiger partial charge in [0, 0.05) is 6.54 Å². The van der Waals surface area contributed by atoms with Gasteiger partial charge in [-0.1, -0.05) is 0 Å². The third-order valence-corrected chi connectivity index (χ3v) is 11.2. The van der Waals surface area contributed by atoms with Crippen molar-refractivity contribution >= 4 is 30.3 Å². The van der Waals surface area contributed by atoms with Crippen LogP contribution in [0.5, 0.6) is 0 Å². The van der Waals surface area contributed by atoms with Crippen LogP contribution in [0.4, 0.5) is 19.2 Å². The van der Waals surface area contributed by atoms with Gasteiger partial charge in [-0.2, -0.15) is 0 Å². The molecular formula is C47H84N6O18. The summed E-state index contributed by atoms with van der Waals surface area (Å²) in [5, 5.41) is 49.4. The largest absolute Gasteiger partial charge is 0.444 e. The summed E-state index contributed by atoms with van der Waals surface area (Å²) in [6.45, 7) is 23.6. The maximum Gasteiger partial charge on any atom is 0.408 e. The summed E-state index contributed by atoms with van der Waals surface area (Å²) >= 11 is 0. The minimum atomic E-state index is -1.85. The fourth-order valence-corrected chi connectivity index (χ4v) is 8.36. The van der Waals surface area contributed by atoms with E-state index in [1.54, 1.807) is 96.9 Å². The molecule has 0 spiro atoms. The van der Waals surface area contributed by atoms with Gasteiger partial charge < -0.3 is 95.0 Å². The summed E-state index contributed by atoms with van der Waals surface area (Å²) in [6.07, 6.45) is -15.5. The van der Waals surface area contributed by atoms with Gasteiger partial charge in [-0.3, -0.25) is 4.79 Å². The molecule has 4 rings (SSSR count). The number of rotatable bonds is 15. The average molecular weight is 1020 g/mol. The van der Waals surface area contributed by atoms with Crippen molar-refractivity contribution in [1.82, 2.24) is 26.6 Å². The molecule has 14 atom stereocenters. The molecule has 10 N–H and O–H groups in total. The number of hydrogen-bond acceptors (Lipinski definition) is 19. The monoisotopic (exact) mass is 1020 g/mol. The van der Waals surface area contributed by atoms with E-state index in [9.17, 15) is 39.3 Å². The molecule has 24 heteroatoms. The number of carbonyl (C=O) groups is 5. The molecule has 0 bridgehead atoms. The van der Waals surface area contributed by atoms with Gasteiger partial charge in [-0.15, -0.1) is 0 Å². The van der Waals surface area contributed by atoms with E-state index in [-0.39, 0.29) is 32.1 Å². The van der Waals surface area contributed by atoms with Crippen LogP contribution in [0.1, 0.15) is 135 Å². The van der Waals surface area contributed by atoms with E-state index in [2.05, 4.69) is 26.6 Å². The molecule has 6 unspecified atom stereocenters. The van der Waals surface area contributed by atoms with Crippen molar-refractivity contribution < 1.29 is 86.7 Å². The van der Waals surface area contributed by atoms with E-state index in [0.29, 0.717) is 32.2 Å². The smallest absolute Gasteiger partial charge is 0.408 e. The molecule has 0 aromatic carbocycles. The fourth-order valence-electron chi connectivity index (χ4n) is 8.36. The van der Waals surface area contributed by atoms with Crippen molar-refractivity contribution in [1.29, 1.82) is 0 Å². The molecule has 3 heterocycles. The number of aliphatic hydroxyl groups excluding tert-OH is 3. The summed E-state index contributed by atoms with van der Waals surface area (Å²) < 4.78 is 60.0.